The maximum Gasteiger partial charge on any atom is 0.143 e. The summed E-state index contributed by atoms with van der Waals surface area (Å²) in [7, 11) is 0. The number of rotatable bonds is 3. The fraction of sp³-hybridized carbons (Fsp3) is 0.190. The van der Waals surface area contributed by atoms with Gasteiger partial charge in [0, 0.05) is 12.1 Å². The Morgan fingerprint density at radius 1 is 1.11 bits per heavy atom. The Morgan fingerprint density at radius 3 is 2.63 bits per heavy atom. The molecule has 3 aromatic rings. The summed E-state index contributed by atoms with van der Waals surface area (Å²) >= 11 is 6.37. The monoisotopic (exact) mass is 385 g/mol. The van der Waals surface area contributed by atoms with Gasteiger partial charge in [-0.25, -0.2) is 13.8 Å². The topological polar surface area (TPSA) is 29.3 Å². The largest absolute Gasteiger partial charge is 0.338 e. The Labute approximate surface area is 161 Å². The maximum absolute atomic E-state index is 14.6. The van der Waals surface area contributed by atoms with Crippen molar-refractivity contribution >= 4 is 34.3 Å². The van der Waals surface area contributed by atoms with Crippen molar-refractivity contribution in [2.75, 3.05) is 5.32 Å². The minimum absolute atomic E-state index is 0.0865. The molecular formula is C21H18ClF2N3. The highest BCUT2D eigenvalue weighted by Crippen LogP contribution is 2.40. The lowest BCUT2D eigenvalue weighted by Crippen LogP contribution is -2.04. The number of allylic oxidation sites excluding steroid dienone is 4. The first-order valence-corrected chi connectivity index (χ1v) is 9.10. The van der Waals surface area contributed by atoms with Crippen LogP contribution >= 0.6 is 11.6 Å². The second-order valence-corrected chi connectivity index (χ2v) is 7.00. The van der Waals surface area contributed by atoms with Gasteiger partial charge in [0.15, 0.2) is 0 Å². The van der Waals surface area contributed by atoms with Gasteiger partial charge in [0.2, 0.25) is 0 Å². The normalized spacial score (nSPS) is 14.6. The second-order valence-electron chi connectivity index (χ2n) is 6.60. The number of pyridine rings is 1. The van der Waals surface area contributed by atoms with Crippen LogP contribution < -0.4 is 5.32 Å². The van der Waals surface area contributed by atoms with Crippen LogP contribution in [0.1, 0.15) is 29.8 Å². The first-order valence-electron chi connectivity index (χ1n) is 8.72. The number of hydrogen-bond acceptors (Lipinski definition) is 2. The van der Waals surface area contributed by atoms with Crippen LogP contribution in [0.4, 0.5) is 20.3 Å². The Bertz CT molecular complexity index is 1090. The molecule has 0 radical (unpaired) electrons. The predicted octanol–water partition coefficient (Wildman–Crippen LogP) is 6.68. The summed E-state index contributed by atoms with van der Waals surface area (Å²) in [4.78, 5) is 4.53. The molecule has 0 atom stereocenters. The van der Waals surface area contributed by atoms with Crippen LogP contribution in [0.3, 0.4) is 0 Å². The number of nitrogens with one attached hydrogen (secondary N) is 1. The lowest BCUT2D eigenvalue weighted by molar-refractivity contribution is 0.567. The molecule has 0 bridgehead atoms. The number of imidazole rings is 1. The standard InChI is InChI=1S/C21H18ClF2N3/c1-12-6-3-8-14(22)19(12)26-21-20(18-15(23)9-5-10-16(18)24)25-17-11-4-7-13(2)27(17)21/h3-4,6-9,11,26H,5,10H2,1-2H3. The molecule has 4 rings (SSSR count). The van der Waals surface area contributed by atoms with Crippen LogP contribution in [0.2, 0.25) is 5.02 Å². The summed E-state index contributed by atoms with van der Waals surface area (Å²) in [5, 5.41) is 3.81. The molecule has 27 heavy (non-hydrogen) atoms. The summed E-state index contributed by atoms with van der Waals surface area (Å²) in [6.07, 6.45) is 1.92. The van der Waals surface area contributed by atoms with Gasteiger partial charge in [-0.05, 0) is 50.1 Å². The number of para-hydroxylation sites is 1. The number of hydrogen-bond donors (Lipinski definition) is 1. The van der Waals surface area contributed by atoms with Crippen molar-refractivity contribution < 1.29 is 8.78 Å². The molecule has 0 amide bonds. The maximum atomic E-state index is 14.6. The van der Waals surface area contributed by atoms with E-state index in [0.717, 1.165) is 11.3 Å². The molecule has 0 saturated carbocycles. The third-order valence-electron chi connectivity index (χ3n) is 4.74. The minimum Gasteiger partial charge on any atom is -0.338 e. The first kappa shape index (κ1) is 17.7. The van der Waals surface area contributed by atoms with Crippen molar-refractivity contribution in [3.63, 3.8) is 0 Å². The molecule has 2 heterocycles. The highest BCUT2D eigenvalue weighted by Gasteiger charge is 2.26. The average Bonchev–Trinajstić information content (AvgIpc) is 2.97. The highest BCUT2D eigenvalue weighted by atomic mass is 35.5. The van der Waals surface area contributed by atoms with E-state index in [0.29, 0.717) is 28.6 Å². The lowest BCUT2D eigenvalue weighted by Gasteiger charge is -2.16. The Balaban J connectivity index is 2.00. The quantitative estimate of drug-likeness (QED) is 0.545. The van der Waals surface area contributed by atoms with Crippen LogP contribution in [-0.2, 0) is 0 Å². The second kappa shape index (κ2) is 6.82. The predicted molar refractivity (Wildman–Crippen MR) is 106 cm³/mol. The molecule has 0 unspecified atom stereocenters. The average molecular weight is 386 g/mol. The molecule has 0 saturated heterocycles. The van der Waals surface area contributed by atoms with E-state index in [1.165, 1.54) is 6.08 Å². The van der Waals surface area contributed by atoms with Crippen molar-refractivity contribution in [2.45, 2.75) is 26.7 Å². The molecule has 1 aliphatic rings. The number of aryl methyl sites for hydroxylation is 2. The Morgan fingerprint density at radius 2 is 1.89 bits per heavy atom. The SMILES string of the molecule is Cc1cccc(Cl)c1Nc1c(C2=C(F)CCC=C2F)nc2cccc(C)n12. The number of halogens is 3. The zero-order valence-electron chi connectivity index (χ0n) is 15.0. The smallest absolute Gasteiger partial charge is 0.143 e. The zero-order valence-corrected chi connectivity index (χ0v) is 15.7. The fourth-order valence-corrected chi connectivity index (χ4v) is 3.65. The van der Waals surface area contributed by atoms with Crippen LogP contribution in [-0.4, -0.2) is 9.38 Å². The van der Waals surface area contributed by atoms with E-state index in [1.807, 2.05) is 48.6 Å². The van der Waals surface area contributed by atoms with Gasteiger partial charge in [0.05, 0.1) is 16.3 Å². The Hall–Kier alpha value is -2.66. The summed E-state index contributed by atoms with van der Waals surface area (Å²) in [5.74, 6) is -0.580. The molecule has 138 valence electrons. The zero-order chi connectivity index (χ0) is 19.1. The van der Waals surface area contributed by atoms with Gasteiger partial charge in [-0.3, -0.25) is 4.40 Å². The van der Waals surface area contributed by atoms with E-state index in [4.69, 9.17) is 11.6 Å². The molecule has 0 spiro atoms. The molecule has 3 nitrogen and oxygen atoms in total. The van der Waals surface area contributed by atoms with Gasteiger partial charge in [0.25, 0.3) is 0 Å². The number of aromatic nitrogens is 2. The van der Waals surface area contributed by atoms with Crippen LogP contribution in [0.5, 0.6) is 0 Å². The van der Waals surface area contributed by atoms with Gasteiger partial charge in [-0.1, -0.05) is 29.8 Å². The van der Waals surface area contributed by atoms with Crippen LogP contribution in [0, 0.1) is 13.8 Å². The summed E-state index contributed by atoms with van der Waals surface area (Å²) in [5.41, 5.74) is 3.26. The highest BCUT2D eigenvalue weighted by molar-refractivity contribution is 6.33. The number of benzene rings is 1. The molecule has 0 fully saturated rings. The molecule has 0 aliphatic heterocycles. The van der Waals surface area contributed by atoms with Crippen molar-refractivity contribution in [3.8, 4) is 0 Å². The van der Waals surface area contributed by atoms with Crippen molar-refractivity contribution in [1.29, 1.82) is 0 Å². The lowest BCUT2D eigenvalue weighted by atomic mass is 10.0. The third-order valence-corrected chi connectivity index (χ3v) is 5.05. The van der Waals surface area contributed by atoms with E-state index in [-0.39, 0.29) is 17.7 Å². The summed E-state index contributed by atoms with van der Waals surface area (Å²) < 4.78 is 31.0. The minimum atomic E-state index is -0.585. The van der Waals surface area contributed by atoms with E-state index < -0.39 is 11.7 Å². The molecule has 1 N–H and O–H groups in total. The van der Waals surface area contributed by atoms with Gasteiger partial charge >= 0.3 is 0 Å². The molecule has 6 heteroatoms. The number of nitrogens with zero attached hydrogens (tertiary/aromatic N) is 2. The van der Waals surface area contributed by atoms with Gasteiger partial charge in [-0.15, -0.1) is 0 Å². The number of anilines is 2. The molecule has 1 aromatic carbocycles. The molecule has 2 aromatic heterocycles. The molecular weight excluding hydrogens is 368 g/mol. The van der Waals surface area contributed by atoms with Gasteiger partial charge < -0.3 is 5.32 Å². The van der Waals surface area contributed by atoms with Crippen molar-refractivity contribution in [1.82, 2.24) is 9.38 Å². The van der Waals surface area contributed by atoms with Crippen molar-refractivity contribution in [3.05, 3.63) is 76.1 Å². The van der Waals surface area contributed by atoms with Gasteiger partial charge in [-0.2, -0.15) is 0 Å². The van der Waals surface area contributed by atoms with Crippen LogP contribution in [0.15, 0.2) is 54.1 Å². The molecule has 1 aliphatic carbocycles. The fourth-order valence-electron chi connectivity index (χ4n) is 3.38. The first-order chi connectivity index (χ1) is 13.0. The van der Waals surface area contributed by atoms with E-state index >= 15 is 0 Å². The van der Waals surface area contributed by atoms with Crippen molar-refractivity contribution in [2.24, 2.45) is 0 Å². The summed E-state index contributed by atoms with van der Waals surface area (Å²) in [6, 6.07) is 11.1. The van der Waals surface area contributed by atoms with Gasteiger partial charge in [0.1, 0.15) is 28.8 Å². The Kier molecular flexibility index (Phi) is 4.48. The number of fused-ring (bicyclic) bond motifs is 1. The van der Waals surface area contributed by atoms with E-state index in [9.17, 15) is 8.78 Å². The third kappa shape index (κ3) is 3.02. The summed E-state index contributed by atoms with van der Waals surface area (Å²) in [6.45, 7) is 3.84. The van der Waals surface area contributed by atoms with E-state index in [2.05, 4.69) is 10.3 Å². The van der Waals surface area contributed by atoms with Crippen LogP contribution in [0.25, 0.3) is 11.2 Å². The van der Waals surface area contributed by atoms with E-state index in [1.54, 1.807) is 6.07 Å².